The first-order chi connectivity index (χ1) is 13.8. The van der Waals surface area contributed by atoms with Gasteiger partial charge in [0.1, 0.15) is 12.2 Å². The summed E-state index contributed by atoms with van der Waals surface area (Å²) in [5.41, 5.74) is -2.81. The molecular formula is C21H33NaO8S. The number of hydrogen-bond acceptors (Lipinski definition) is 8. The monoisotopic (exact) mass is 468 g/mol. The molecule has 8 nitrogen and oxygen atoms in total. The van der Waals surface area contributed by atoms with Crippen LogP contribution >= 0.6 is 0 Å². The van der Waals surface area contributed by atoms with Gasteiger partial charge in [-0.2, -0.15) is 0 Å². The molecule has 0 aromatic rings. The maximum atomic E-state index is 12.8. The second kappa shape index (κ2) is 8.57. The van der Waals surface area contributed by atoms with E-state index < -0.39 is 39.9 Å². The molecule has 4 fully saturated rings. The summed E-state index contributed by atoms with van der Waals surface area (Å²) in [6.07, 6.45) is 4.24. The number of carbonyl (C=O) groups excluding carboxylic acids is 1. The van der Waals surface area contributed by atoms with E-state index in [4.69, 9.17) is 0 Å². The first-order valence-corrected chi connectivity index (χ1v) is 12.4. The van der Waals surface area contributed by atoms with E-state index in [9.17, 15) is 33.1 Å². The fourth-order valence-electron chi connectivity index (χ4n) is 8.07. The van der Waals surface area contributed by atoms with Crippen LogP contribution in [0.3, 0.4) is 0 Å². The number of hydrogen-bond donors (Lipinski definition) is 3. The van der Waals surface area contributed by atoms with Crippen LogP contribution in [-0.2, 0) is 19.4 Å². The number of aliphatic hydroxyl groups is 3. The molecule has 4 aliphatic carbocycles. The summed E-state index contributed by atoms with van der Waals surface area (Å²) < 4.78 is 36.5. The summed E-state index contributed by atoms with van der Waals surface area (Å²) in [5.74, 6) is -0.218. The third-order valence-electron chi connectivity index (χ3n) is 9.52. The number of ketones is 1. The van der Waals surface area contributed by atoms with Crippen molar-refractivity contribution in [3.05, 3.63) is 0 Å². The molecule has 0 unspecified atom stereocenters. The Bertz CT molecular complexity index is 820. The minimum Gasteiger partial charge on any atom is -0.726 e. The van der Waals surface area contributed by atoms with E-state index in [1.807, 2.05) is 6.92 Å². The number of fused-ring (bicyclic) bond motifs is 5. The molecule has 0 bridgehead atoms. The third-order valence-corrected chi connectivity index (χ3v) is 9.92. The van der Waals surface area contributed by atoms with Crippen molar-refractivity contribution in [1.29, 1.82) is 0 Å². The van der Waals surface area contributed by atoms with Gasteiger partial charge in [0.2, 0.25) is 10.4 Å². The van der Waals surface area contributed by atoms with Gasteiger partial charge in [-0.05, 0) is 80.5 Å². The second-order valence-corrected chi connectivity index (χ2v) is 11.7. The Labute approximate surface area is 206 Å². The Hall–Kier alpha value is 0.420. The summed E-state index contributed by atoms with van der Waals surface area (Å²) in [4.78, 5) is 12.8. The zero-order valence-electron chi connectivity index (χ0n) is 18.6. The molecule has 0 heterocycles. The molecule has 0 amide bonds. The van der Waals surface area contributed by atoms with E-state index in [0.717, 1.165) is 32.1 Å². The van der Waals surface area contributed by atoms with Crippen LogP contribution in [0.4, 0.5) is 0 Å². The maximum absolute atomic E-state index is 12.8. The van der Waals surface area contributed by atoms with Crippen LogP contribution in [0.15, 0.2) is 0 Å². The zero-order chi connectivity index (χ0) is 22.1. The van der Waals surface area contributed by atoms with E-state index in [0.29, 0.717) is 12.3 Å². The Kier molecular flexibility index (Phi) is 7.20. The summed E-state index contributed by atoms with van der Waals surface area (Å²) >= 11 is 0. The van der Waals surface area contributed by atoms with Crippen LogP contribution in [0.5, 0.6) is 0 Å². The van der Waals surface area contributed by atoms with E-state index >= 15 is 0 Å². The Morgan fingerprint density at radius 1 is 1.13 bits per heavy atom. The van der Waals surface area contributed by atoms with Crippen LogP contribution in [0.2, 0.25) is 0 Å². The molecule has 0 aromatic heterocycles. The molecule has 4 aliphatic rings. The van der Waals surface area contributed by atoms with Crippen LogP contribution in [-0.4, -0.2) is 58.5 Å². The molecule has 0 saturated heterocycles. The van der Waals surface area contributed by atoms with Gasteiger partial charge in [-0.25, -0.2) is 8.42 Å². The molecule has 0 radical (unpaired) electrons. The normalized spacial score (nSPS) is 49.4. The van der Waals surface area contributed by atoms with Gasteiger partial charge in [0.15, 0.2) is 5.78 Å². The SMILES string of the molecule is C[C@]12CC[C@@H](O)C[C@@H]1CC[C@@H]1[C@@H]2[C@@H](O)C[C@@]2(C)[C@H]1CC[C@]2(O)C(=O)COS(=O)(=O)[O-].[Na+]. The van der Waals surface area contributed by atoms with Crippen molar-refractivity contribution in [3.63, 3.8) is 0 Å². The minimum absolute atomic E-state index is 0. The fraction of sp³-hybridized carbons (Fsp3) is 0.952. The van der Waals surface area contributed by atoms with Crippen molar-refractivity contribution >= 4 is 16.2 Å². The van der Waals surface area contributed by atoms with Gasteiger partial charge in [-0.3, -0.25) is 8.98 Å². The summed E-state index contributed by atoms with van der Waals surface area (Å²) in [6, 6.07) is 0. The predicted molar refractivity (Wildman–Crippen MR) is 105 cm³/mol. The number of rotatable bonds is 4. The quantitative estimate of drug-likeness (QED) is 0.248. The van der Waals surface area contributed by atoms with Gasteiger partial charge in [-0.1, -0.05) is 13.8 Å². The Morgan fingerprint density at radius 2 is 1.81 bits per heavy atom. The predicted octanol–water partition coefficient (Wildman–Crippen LogP) is -1.86. The van der Waals surface area contributed by atoms with Crippen molar-refractivity contribution in [3.8, 4) is 0 Å². The van der Waals surface area contributed by atoms with Gasteiger partial charge in [0.05, 0.1) is 12.2 Å². The molecule has 9 atom stereocenters. The van der Waals surface area contributed by atoms with E-state index in [-0.39, 0.29) is 71.7 Å². The van der Waals surface area contributed by atoms with Gasteiger partial charge < -0.3 is 19.9 Å². The first-order valence-electron chi connectivity index (χ1n) is 11.0. The topological polar surface area (TPSA) is 144 Å². The maximum Gasteiger partial charge on any atom is 1.00 e. The van der Waals surface area contributed by atoms with Crippen LogP contribution < -0.4 is 29.6 Å². The summed E-state index contributed by atoms with van der Waals surface area (Å²) in [6.45, 7) is 3.06. The first kappa shape index (κ1) is 26.0. The van der Waals surface area contributed by atoms with Crippen LogP contribution in [0.25, 0.3) is 0 Å². The van der Waals surface area contributed by atoms with Gasteiger partial charge in [0.25, 0.3) is 0 Å². The van der Waals surface area contributed by atoms with Crippen LogP contribution in [0, 0.1) is 34.5 Å². The van der Waals surface area contributed by atoms with E-state index in [2.05, 4.69) is 11.1 Å². The number of Topliss-reactive ketones (excluding diaryl/α,β-unsaturated/α-hetero) is 1. The Balaban J connectivity index is 0.00000272. The standard InChI is InChI=1S/C21H34O8S.Na/c1-19-7-5-13(22)9-12(19)3-4-14-15-6-8-21(25,17(24)11-29-30(26,27)28)20(15,2)10-16(23)18(14)19;/h12-16,18,22-23,25H,3-11H2,1-2H3,(H,26,27,28);/q;+1/p-1/t12-,13+,14-,15-,16-,18+,19-,20-,21-;/m0./s1. The third kappa shape index (κ3) is 4.10. The fourth-order valence-corrected chi connectivity index (χ4v) is 8.32. The molecule has 4 rings (SSSR count). The number of aliphatic hydroxyl groups excluding tert-OH is 2. The van der Waals surface area contributed by atoms with Crippen molar-refractivity contribution in [2.24, 2.45) is 34.5 Å². The van der Waals surface area contributed by atoms with Crippen molar-refractivity contribution in [1.82, 2.24) is 0 Å². The molecular weight excluding hydrogens is 435 g/mol. The van der Waals surface area contributed by atoms with Gasteiger partial charge in [0, 0.05) is 5.41 Å². The van der Waals surface area contributed by atoms with Crippen LogP contribution in [0.1, 0.15) is 65.2 Å². The number of carbonyl (C=O) groups is 1. The van der Waals surface area contributed by atoms with E-state index in [1.54, 1.807) is 0 Å². The Morgan fingerprint density at radius 3 is 2.45 bits per heavy atom. The molecule has 0 spiro atoms. The molecule has 3 N–H and O–H groups in total. The average Bonchev–Trinajstić information content (AvgIpc) is 2.91. The average molecular weight is 469 g/mol. The second-order valence-electron chi connectivity index (χ2n) is 10.7. The van der Waals surface area contributed by atoms with Gasteiger partial charge >= 0.3 is 29.6 Å². The molecule has 10 heteroatoms. The van der Waals surface area contributed by atoms with Crippen molar-refractivity contribution in [2.75, 3.05) is 6.61 Å². The van der Waals surface area contributed by atoms with E-state index in [1.165, 1.54) is 0 Å². The minimum atomic E-state index is -5.03. The molecule has 172 valence electrons. The summed E-state index contributed by atoms with van der Waals surface area (Å²) in [5, 5.41) is 32.8. The smallest absolute Gasteiger partial charge is 0.726 e. The van der Waals surface area contributed by atoms with Crippen molar-refractivity contribution in [2.45, 2.75) is 83.0 Å². The molecule has 4 saturated carbocycles. The molecule has 0 aliphatic heterocycles. The van der Waals surface area contributed by atoms with Crippen molar-refractivity contribution < 1.29 is 66.8 Å². The molecule has 0 aromatic carbocycles. The summed E-state index contributed by atoms with van der Waals surface area (Å²) in [7, 11) is -5.03. The largest absolute Gasteiger partial charge is 1.00 e. The zero-order valence-corrected chi connectivity index (χ0v) is 21.4. The van der Waals surface area contributed by atoms with Gasteiger partial charge in [-0.15, -0.1) is 0 Å². The molecule has 31 heavy (non-hydrogen) atoms.